The molecule has 1 aliphatic heterocycles. The van der Waals surface area contributed by atoms with Crippen molar-refractivity contribution in [3.05, 3.63) is 0 Å². The summed E-state index contributed by atoms with van der Waals surface area (Å²) in [7, 11) is 0.0700. The molecule has 2 aliphatic carbocycles. The average Bonchev–Trinajstić information content (AvgIpc) is 2.96. The van der Waals surface area contributed by atoms with E-state index in [1.807, 2.05) is 0 Å². The second kappa shape index (κ2) is 2.81. The summed E-state index contributed by atoms with van der Waals surface area (Å²) < 4.78 is 12.1. The quantitative estimate of drug-likeness (QED) is 0.649. The molecule has 3 aliphatic rings. The van der Waals surface area contributed by atoms with E-state index in [1.165, 1.54) is 19.3 Å². The molecule has 0 bridgehead atoms. The van der Waals surface area contributed by atoms with Crippen LogP contribution in [0.25, 0.3) is 0 Å². The molecular formula is C12H21BO2. The Morgan fingerprint density at radius 3 is 2.00 bits per heavy atom. The van der Waals surface area contributed by atoms with Crippen molar-refractivity contribution >= 4 is 7.12 Å². The van der Waals surface area contributed by atoms with Gasteiger partial charge in [0.05, 0.1) is 11.2 Å². The highest BCUT2D eigenvalue weighted by atomic mass is 16.7. The zero-order valence-corrected chi connectivity index (χ0v) is 10.2. The molecule has 2 saturated carbocycles. The molecule has 0 N–H and O–H groups in total. The maximum absolute atomic E-state index is 6.07. The largest absolute Gasteiger partial charge is 0.461 e. The van der Waals surface area contributed by atoms with Crippen LogP contribution in [-0.4, -0.2) is 18.3 Å². The summed E-state index contributed by atoms with van der Waals surface area (Å²) in [4.78, 5) is 0. The molecule has 3 fully saturated rings. The summed E-state index contributed by atoms with van der Waals surface area (Å²) in [5.41, 5.74) is -0.289. The van der Waals surface area contributed by atoms with E-state index in [9.17, 15) is 0 Å². The fourth-order valence-electron chi connectivity index (χ4n) is 2.68. The molecule has 0 amide bonds. The van der Waals surface area contributed by atoms with Crippen LogP contribution in [0.15, 0.2) is 0 Å². The first-order valence-corrected chi connectivity index (χ1v) is 6.26. The molecule has 3 rings (SSSR count). The molecule has 1 unspecified atom stereocenters. The van der Waals surface area contributed by atoms with E-state index in [2.05, 4.69) is 27.7 Å². The Kier molecular flexibility index (Phi) is 1.90. The monoisotopic (exact) mass is 208 g/mol. The standard InChI is InChI=1S/C12H21BO2/c1-11(2)12(3,4)15-13(14-11)10-7-9(10)8-5-6-8/h8-10H,5-7H2,1-4H3/t9-,10?/m1/s1. The van der Waals surface area contributed by atoms with E-state index in [1.54, 1.807) is 0 Å². The van der Waals surface area contributed by atoms with Crippen LogP contribution in [0.4, 0.5) is 0 Å². The van der Waals surface area contributed by atoms with Crippen LogP contribution in [0.5, 0.6) is 0 Å². The Hall–Kier alpha value is -0.0151. The summed E-state index contributed by atoms with van der Waals surface area (Å²) >= 11 is 0. The Bertz CT molecular complexity index is 267. The van der Waals surface area contributed by atoms with Gasteiger partial charge in [-0.1, -0.05) is 0 Å². The van der Waals surface area contributed by atoms with E-state index in [4.69, 9.17) is 9.31 Å². The third-order valence-electron chi connectivity index (χ3n) is 4.74. The van der Waals surface area contributed by atoms with Crippen molar-refractivity contribution in [3.8, 4) is 0 Å². The molecule has 2 atom stereocenters. The van der Waals surface area contributed by atoms with Gasteiger partial charge in [-0.15, -0.1) is 0 Å². The molecular weight excluding hydrogens is 187 g/mol. The molecule has 1 saturated heterocycles. The van der Waals surface area contributed by atoms with Gasteiger partial charge in [0.2, 0.25) is 0 Å². The molecule has 15 heavy (non-hydrogen) atoms. The topological polar surface area (TPSA) is 18.5 Å². The van der Waals surface area contributed by atoms with Gasteiger partial charge in [0.1, 0.15) is 0 Å². The van der Waals surface area contributed by atoms with Gasteiger partial charge in [-0.2, -0.15) is 0 Å². The highest BCUT2D eigenvalue weighted by Gasteiger charge is 2.61. The van der Waals surface area contributed by atoms with Gasteiger partial charge in [-0.25, -0.2) is 0 Å². The predicted molar refractivity (Wildman–Crippen MR) is 60.7 cm³/mol. The lowest BCUT2D eigenvalue weighted by molar-refractivity contribution is 0.00578. The van der Waals surface area contributed by atoms with Gasteiger partial charge in [-0.05, 0) is 64.6 Å². The minimum Gasteiger partial charge on any atom is -0.403 e. The fourth-order valence-corrected chi connectivity index (χ4v) is 2.68. The van der Waals surface area contributed by atoms with Crippen molar-refractivity contribution < 1.29 is 9.31 Å². The summed E-state index contributed by atoms with van der Waals surface area (Å²) in [6.45, 7) is 8.56. The smallest absolute Gasteiger partial charge is 0.403 e. The minimum atomic E-state index is -0.144. The third-order valence-corrected chi connectivity index (χ3v) is 4.74. The molecule has 1 heterocycles. The van der Waals surface area contributed by atoms with E-state index >= 15 is 0 Å². The van der Waals surface area contributed by atoms with Gasteiger partial charge < -0.3 is 9.31 Å². The Morgan fingerprint density at radius 2 is 1.53 bits per heavy atom. The summed E-state index contributed by atoms with van der Waals surface area (Å²) in [5, 5.41) is 0. The maximum Gasteiger partial charge on any atom is 0.461 e. The summed E-state index contributed by atoms with van der Waals surface area (Å²) in [6, 6.07) is 0. The van der Waals surface area contributed by atoms with Crippen LogP contribution < -0.4 is 0 Å². The second-order valence-electron chi connectivity index (χ2n) is 6.53. The number of rotatable bonds is 2. The van der Waals surface area contributed by atoms with Crippen LogP contribution >= 0.6 is 0 Å². The number of hydrogen-bond donors (Lipinski definition) is 0. The fraction of sp³-hybridized carbons (Fsp3) is 1.00. The average molecular weight is 208 g/mol. The zero-order valence-electron chi connectivity index (χ0n) is 10.2. The molecule has 0 spiro atoms. The number of hydrogen-bond acceptors (Lipinski definition) is 2. The van der Waals surface area contributed by atoms with Crippen LogP contribution in [0.1, 0.15) is 47.0 Å². The Balaban J connectivity index is 1.66. The predicted octanol–water partition coefficient (Wildman–Crippen LogP) is 2.88. The first kappa shape index (κ1) is 10.2. The highest BCUT2D eigenvalue weighted by molar-refractivity contribution is 6.48. The van der Waals surface area contributed by atoms with Crippen LogP contribution in [0.2, 0.25) is 5.82 Å². The first-order chi connectivity index (χ1) is 6.91. The van der Waals surface area contributed by atoms with Crippen molar-refractivity contribution in [1.29, 1.82) is 0 Å². The van der Waals surface area contributed by atoms with Gasteiger partial charge in [0.25, 0.3) is 0 Å². The molecule has 0 aromatic carbocycles. The van der Waals surface area contributed by atoms with E-state index in [0.29, 0.717) is 5.82 Å². The summed E-state index contributed by atoms with van der Waals surface area (Å²) in [6.07, 6.45) is 4.23. The van der Waals surface area contributed by atoms with Crippen molar-refractivity contribution in [2.24, 2.45) is 11.8 Å². The maximum atomic E-state index is 6.07. The lowest BCUT2D eigenvalue weighted by atomic mass is 9.80. The zero-order chi connectivity index (χ0) is 10.8. The summed E-state index contributed by atoms with van der Waals surface area (Å²) in [5.74, 6) is 2.62. The Morgan fingerprint density at radius 1 is 1.00 bits per heavy atom. The van der Waals surface area contributed by atoms with Crippen molar-refractivity contribution in [2.75, 3.05) is 0 Å². The van der Waals surface area contributed by atoms with Crippen LogP contribution in [0.3, 0.4) is 0 Å². The molecule has 3 heteroatoms. The van der Waals surface area contributed by atoms with Gasteiger partial charge >= 0.3 is 7.12 Å². The van der Waals surface area contributed by atoms with Gasteiger partial charge in [0.15, 0.2) is 0 Å². The first-order valence-electron chi connectivity index (χ1n) is 6.26. The molecule has 0 aromatic rings. The molecule has 0 radical (unpaired) electrons. The van der Waals surface area contributed by atoms with Crippen LogP contribution in [-0.2, 0) is 9.31 Å². The molecule has 2 nitrogen and oxygen atoms in total. The van der Waals surface area contributed by atoms with Crippen LogP contribution in [0, 0.1) is 11.8 Å². The van der Waals surface area contributed by atoms with Crippen molar-refractivity contribution in [1.82, 2.24) is 0 Å². The van der Waals surface area contributed by atoms with Crippen molar-refractivity contribution in [2.45, 2.75) is 64.0 Å². The van der Waals surface area contributed by atoms with Crippen molar-refractivity contribution in [3.63, 3.8) is 0 Å². The van der Waals surface area contributed by atoms with E-state index in [-0.39, 0.29) is 18.3 Å². The van der Waals surface area contributed by atoms with E-state index in [0.717, 1.165) is 11.8 Å². The van der Waals surface area contributed by atoms with E-state index < -0.39 is 0 Å². The second-order valence-corrected chi connectivity index (χ2v) is 6.53. The third kappa shape index (κ3) is 1.55. The lowest BCUT2D eigenvalue weighted by Gasteiger charge is -2.32. The van der Waals surface area contributed by atoms with Gasteiger partial charge in [-0.3, -0.25) is 0 Å². The highest BCUT2D eigenvalue weighted by Crippen LogP contribution is 2.61. The SMILES string of the molecule is CC1(C)OB(C2C[C@@H]2C2CC2)OC1(C)C. The minimum absolute atomic E-state index is 0.0700. The Labute approximate surface area is 92.9 Å². The normalized spacial score (nSPS) is 42.0. The van der Waals surface area contributed by atoms with Gasteiger partial charge in [0, 0.05) is 0 Å². The molecule has 0 aromatic heterocycles. The lowest BCUT2D eigenvalue weighted by Crippen LogP contribution is -2.41. The molecule has 84 valence electrons.